The molecule has 0 aromatic carbocycles. The highest BCUT2D eigenvalue weighted by Crippen LogP contribution is 2.21. The van der Waals surface area contributed by atoms with Crippen molar-refractivity contribution in [1.29, 1.82) is 0 Å². The van der Waals surface area contributed by atoms with Gasteiger partial charge in [0.25, 0.3) is 0 Å². The van der Waals surface area contributed by atoms with Crippen LogP contribution in [0.1, 0.15) is 0 Å². The number of hydrogen-bond donors (Lipinski definition) is 0. The van der Waals surface area contributed by atoms with Crippen molar-refractivity contribution in [2.45, 2.75) is 0 Å². The van der Waals surface area contributed by atoms with Gasteiger partial charge in [0.15, 0.2) is 0 Å². The zero-order valence-corrected chi connectivity index (χ0v) is 13.3. The predicted octanol–water partition coefficient (Wildman–Crippen LogP) is -0.331. The van der Waals surface area contributed by atoms with E-state index in [0.29, 0.717) is 0 Å². The van der Waals surface area contributed by atoms with Gasteiger partial charge < -0.3 is 13.4 Å². The second-order valence-corrected chi connectivity index (χ2v) is 8.21. The summed E-state index contributed by atoms with van der Waals surface area (Å²) in [5.74, 6) is 0. The highest BCUT2D eigenvalue weighted by atomic mass is 15.5. The van der Waals surface area contributed by atoms with Gasteiger partial charge in [-0.05, 0) is 0 Å². The first-order valence-corrected chi connectivity index (χ1v) is 8.14. The van der Waals surface area contributed by atoms with Gasteiger partial charge in [-0.15, -0.1) is 0 Å². The van der Waals surface area contributed by atoms with Crippen molar-refractivity contribution in [3.63, 3.8) is 0 Å². The first-order valence-electron chi connectivity index (χ1n) is 8.14. The van der Waals surface area contributed by atoms with E-state index in [1.54, 1.807) is 0 Å². The lowest BCUT2D eigenvalue weighted by atomic mass is 10.1. The van der Waals surface area contributed by atoms with E-state index in [0.717, 1.165) is 0 Å². The Balaban J connectivity index is 0.000000117. The maximum absolute atomic E-state index is 2.57. The second kappa shape index (κ2) is 4.69. The van der Waals surface area contributed by atoms with Gasteiger partial charge in [0.05, 0.1) is 40.8 Å². The standard InChI is InChI=1S/C8H18N2.C7H15N2/c1-9-3-6-10(2,7-4-9)8-5-9;1-9-5-2-8(3-6-9)4-7-9/h3-8H2,1-2H3;2-7H2,1H3/q+2;+1. The summed E-state index contributed by atoms with van der Waals surface area (Å²) in [6.45, 7) is 16.7. The van der Waals surface area contributed by atoms with Gasteiger partial charge in [-0.1, -0.05) is 0 Å². The highest BCUT2D eigenvalue weighted by molar-refractivity contribution is 4.68. The van der Waals surface area contributed by atoms with Gasteiger partial charge in [0, 0.05) is 19.6 Å². The molecule has 0 aromatic heterocycles. The van der Waals surface area contributed by atoms with Crippen molar-refractivity contribution in [2.75, 3.05) is 99.7 Å². The summed E-state index contributed by atoms with van der Waals surface area (Å²) in [5, 5.41) is 0. The van der Waals surface area contributed by atoms with Gasteiger partial charge in [-0.2, -0.15) is 0 Å². The van der Waals surface area contributed by atoms with E-state index >= 15 is 0 Å². The first kappa shape index (κ1) is 13.8. The number of nitrogens with zero attached hydrogens (tertiary/aromatic N) is 4. The number of likely N-dealkylation sites (N-methyl/N-ethyl adjacent to an activating group) is 3. The topological polar surface area (TPSA) is 3.24 Å². The van der Waals surface area contributed by atoms with Crippen molar-refractivity contribution in [1.82, 2.24) is 4.90 Å². The minimum Gasteiger partial charge on any atom is -0.323 e. The molecular weight excluding hydrogens is 236 g/mol. The van der Waals surface area contributed by atoms with E-state index in [2.05, 4.69) is 26.0 Å². The minimum absolute atomic E-state index is 1.34. The normalized spacial score (nSPS) is 51.6. The van der Waals surface area contributed by atoms with Gasteiger partial charge >= 0.3 is 0 Å². The monoisotopic (exact) mass is 269 g/mol. The molecule has 6 rings (SSSR count). The quantitative estimate of drug-likeness (QED) is 0.544. The number of piperazine rings is 6. The van der Waals surface area contributed by atoms with Crippen LogP contribution in [-0.2, 0) is 0 Å². The van der Waals surface area contributed by atoms with Crippen LogP contribution in [0, 0.1) is 0 Å². The summed E-state index contributed by atoms with van der Waals surface area (Å²) in [4.78, 5) is 2.57. The van der Waals surface area contributed by atoms with Crippen LogP contribution in [0.2, 0.25) is 0 Å². The minimum atomic E-state index is 1.34. The van der Waals surface area contributed by atoms with Crippen LogP contribution in [0.5, 0.6) is 0 Å². The third-order valence-electron chi connectivity index (χ3n) is 6.41. The van der Waals surface area contributed by atoms with E-state index in [9.17, 15) is 0 Å². The largest absolute Gasteiger partial charge is 0.323 e. The number of fused-ring (bicyclic) bond motifs is 6. The number of rotatable bonds is 0. The molecule has 0 amide bonds. The molecule has 19 heavy (non-hydrogen) atoms. The molecule has 0 aromatic rings. The molecule has 4 nitrogen and oxygen atoms in total. The maximum Gasteiger partial charge on any atom is 0.129 e. The van der Waals surface area contributed by atoms with Crippen molar-refractivity contribution in [2.24, 2.45) is 0 Å². The fourth-order valence-electron chi connectivity index (χ4n) is 3.94. The van der Waals surface area contributed by atoms with Crippen LogP contribution in [0.15, 0.2) is 0 Å². The molecule has 6 fully saturated rings. The molecule has 0 unspecified atom stereocenters. The Hall–Kier alpha value is -0.160. The molecule has 110 valence electrons. The Morgan fingerprint density at radius 2 is 0.737 bits per heavy atom. The van der Waals surface area contributed by atoms with E-state index in [4.69, 9.17) is 0 Å². The molecule has 0 radical (unpaired) electrons. The summed E-state index contributed by atoms with van der Waals surface area (Å²) >= 11 is 0. The average Bonchev–Trinajstić information content (AvgIpc) is 2.43. The first-order chi connectivity index (χ1) is 8.91. The predicted molar refractivity (Wildman–Crippen MR) is 78.8 cm³/mol. The highest BCUT2D eigenvalue weighted by Gasteiger charge is 2.43. The van der Waals surface area contributed by atoms with E-state index in [-0.39, 0.29) is 0 Å². The van der Waals surface area contributed by atoms with Crippen molar-refractivity contribution in [3.8, 4) is 0 Å². The molecule has 0 spiro atoms. The van der Waals surface area contributed by atoms with Gasteiger partial charge in [0.2, 0.25) is 0 Å². The summed E-state index contributed by atoms with van der Waals surface area (Å²) in [6, 6.07) is 0. The molecule has 6 aliphatic rings. The van der Waals surface area contributed by atoms with Crippen LogP contribution >= 0.6 is 0 Å². The van der Waals surface area contributed by atoms with Gasteiger partial charge in [0.1, 0.15) is 39.3 Å². The summed E-state index contributed by atoms with van der Waals surface area (Å²) in [6.07, 6.45) is 0. The second-order valence-electron chi connectivity index (χ2n) is 8.21. The molecular formula is C15H33N4+3. The summed E-state index contributed by atoms with van der Waals surface area (Å²) in [5.41, 5.74) is 0. The molecule has 0 aliphatic carbocycles. The lowest BCUT2D eigenvalue weighted by molar-refractivity contribution is -1.06. The Bertz CT molecular complexity index is 277. The Morgan fingerprint density at radius 1 is 0.474 bits per heavy atom. The maximum atomic E-state index is 2.57. The SMILES string of the molecule is C[N+]12CCN(CC1)CC2.C[N+]12CC[N+](C)(CC1)CC2. The van der Waals surface area contributed by atoms with Crippen LogP contribution in [-0.4, -0.2) is 118 Å². The van der Waals surface area contributed by atoms with Gasteiger partial charge in [-0.25, -0.2) is 0 Å². The number of quaternary nitrogens is 3. The molecule has 4 heteroatoms. The fraction of sp³-hybridized carbons (Fsp3) is 1.00. The Morgan fingerprint density at radius 3 is 0.947 bits per heavy atom. The van der Waals surface area contributed by atoms with Crippen LogP contribution in [0.4, 0.5) is 0 Å². The zero-order chi connectivity index (χ0) is 13.6. The summed E-state index contributed by atoms with van der Waals surface area (Å²) in [7, 11) is 7.20. The van der Waals surface area contributed by atoms with Crippen molar-refractivity contribution < 1.29 is 13.4 Å². The van der Waals surface area contributed by atoms with Crippen LogP contribution in [0.3, 0.4) is 0 Å². The summed E-state index contributed by atoms with van der Waals surface area (Å²) < 4.78 is 4.05. The van der Waals surface area contributed by atoms with E-state index < -0.39 is 0 Å². The molecule has 6 heterocycles. The van der Waals surface area contributed by atoms with Gasteiger partial charge in [-0.3, -0.25) is 4.90 Å². The lowest BCUT2D eigenvalue weighted by Gasteiger charge is -2.52. The van der Waals surface area contributed by atoms with Crippen molar-refractivity contribution in [3.05, 3.63) is 0 Å². The average molecular weight is 269 g/mol. The van der Waals surface area contributed by atoms with Crippen molar-refractivity contribution >= 4 is 0 Å². The third-order valence-corrected chi connectivity index (χ3v) is 6.41. The molecule has 0 atom stereocenters. The van der Waals surface area contributed by atoms with Crippen LogP contribution in [0.25, 0.3) is 0 Å². The van der Waals surface area contributed by atoms with Crippen LogP contribution < -0.4 is 0 Å². The third kappa shape index (κ3) is 2.97. The molecule has 0 N–H and O–H groups in total. The molecule has 0 saturated carbocycles. The molecule has 6 saturated heterocycles. The fourth-order valence-corrected chi connectivity index (χ4v) is 3.94. The van der Waals surface area contributed by atoms with E-state index in [1.807, 2.05) is 0 Å². The Labute approximate surface area is 119 Å². The Kier molecular flexibility index (Phi) is 3.41. The molecule has 4 bridgehead atoms. The zero-order valence-electron chi connectivity index (χ0n) is 13.3. The molecule has 6 aliphatic heterocycles. The smallest absolute Gasteiger partial charge is 0.129 e. The number of hydrogen-bond acceptors (Lipinski definition) is 1. The van der Waals surface area contributed by atoms with E-state index in [1.165, 1.54) is 92.0 Å². The lowest BCUT2D eigenvalue weighted by Crippen LogP contribution is -2.72.